The van der Waals surface area contributed by atoms with Crippen molar-refractivity contribution >= 4 is 67.8 Å². The zero-order valence-electron chi connectivity index (χ0n) is 30.3. The summed E-state index contributed by atoms with van der Waals surface area (Å²) in [5.74, 6) is -3.77. The molecule has 0 N–H and O–H groups in total. The fourth-order valence-electron chi connectivity index (χ4n) is 6.41. The van der Waals surface area contributed by atoms with Gasteiger partial charge in [-0.1, -0.05) is 41.4 Å². The third-order valence-electron chi connectivity index (χ3n) is 9.40. The van der Waals surface area contributed by atoms with Crippen molar-refractivity contribution in [3.8, 4) is 0 Å². The van der Waals surface area contributed by atoms with Gasteiger partial charge in [-0.05, 0) is 79.8 Å². The Labute approximate surface area is 327 Å². The van der Waals surface area contributed by atoms with E-state index >= 15 is 0 Å². The molecule has 0 bridgehead atoms. The van der Waals surface area contributed by atoms with Gasteiger partial charge in [-0.15, -0.1) is 0 Å². The number of fused-ring (bicyclic) bond motifs is 2. The van der Waals surface area contributed by atoms with Gasteiger partial charge in [0.2, 0.25) is 6.79 Å². The van der Waals surface area contributed by atoms with Crippen molar-refractivity contribution in [2.45, 2.75) is 50.3 Å². The lowest BCUT2D eigenvalue weighted by atomic mass is 9.89. The highest BCUT2D eigenvalue weighted by Crippen LogP contribution is 2.37. The fourth-order valence-corrected chi connectivity index (χ4v) is 7.90. The average Bonchev–Trinajstić information content (AvgIpc) is 3.61. The Hall–Kier alpha value is -4.47. The molecule has 1 saturated heterocycles. The van der Waals surface area contributed by atoms with Crippen LogP contribution < -0.4 is 0 Å². The summed E-state index contributed by atoms with van der Waals surface area (Å²) in [7, 11) is -3.58. The van der Waals surface area contributed by atoms with Crippen LogP contribution >= 0.6 is 23.2 Å². The van der Waals surface area contributed by atoms with Gasteiger partial charge in [0.25, 0.3) is 5.91 Å². The van der Waals surface area contributed by atoms with Gasteiger partial charge in [0.15, 0.2) is 21.4 Å². The average molecular weight is 817 g/mol. The van der Waals surface area contributed by atoms with Gasteiger partial charge in [0, 0.05) is 42.6 Å². The highest BCUT2D eigenvalue weighted by atomic mass is 35.5. The summed E-state index contributed by atoms with van der Waals surface area (Å²) < 4.78 is 56.3. The Morgan fingerprint density at radius 3 is 2.49 bits per heavy atom. The van der Waals surface area contributed by atoms with Gasteiger partial charge in [-0.3, -0.25) is 14.4 Å². The number of esters is 1. The third-order valence-corrected chi connectivity index (χ3v) is 11.2. The number of carbonyl (C=O) groups excluding carboxylic acids is 4. The Kier molecular flexibility index (Phi) is 12.2. The highest BCUT2D eigenvalue weighted by molar-refractivity contribution is 7.90. The SMILES string of the molecule is CC1(C)OCC(COC(=O)OCOC(=O)[C@@H](CC(=O)c2c(Cl)cc3c(c2Cl)CCN(C(=O)c2ccc4ccoc4c2)C3)Cc2cccc(S(C)(=O)=O)c2)CO1. The number of hydrogen-bond acceptors (Lipinski definition) is 12. The summed E-state index contributed by atoms with van der Waals surface area (Å²) in [6.45, 7) is 3.84. The van der Waals surface area contributed by atoms with Crippen LogP contribution in [0.25, 0.3) is 11.0 Å². The van der Waals surface area contributed by atoms with Crippen LogP contribution in [0.5, 0.6) is 0 Å². The van der Waals surface area contributed by atoms with E-state index in [9.17, 15) is 27.6 Å². The van der Waals surface area contributed by atoms with Gasteiger partial charge in [0.1, 0.15) is 12.2 Å². The molecule has 292 valence electrons. The molecule has 3 heterocycles. The summed E-state index contributed by atoms with van der Waals surface area (Å²) in [5, 5.41) is 1.03. The molecule has 1 amide bonds. The molecule has 0 radical (unpaired) electrons. The van der Waals surface area contributed by atoms with Crippen LogP contribution in [0.3, 0.4) is 0 Å². The van der Waals surface area contributed by atoms with E-state index < -0.39 is 52.7 Å². The van der Waals surface area contributed by atoms with Crippen molar-refractivity contribution in [2.24, 2.45) is 11.8 Å². The smallest absolute Gasteiger partial charge is 0.464 e. The number of sulfone groups is 1. The van der Waals surface area contributed by atoms with E-state index in [-0.39, 0.29) is 51.9 Å². The lowest BCUT2D eigenvalue weighted by Gasteiger charge is -2.34. The molecule has 0 saturated carbocycles. The second-order valence-corrected chi connectivity index (χ2v) is 16.8. The monoisotopic (exact) mass is 815 g/mol. The number of hydrogen-bond donors (Lipinski definition) is 0. The molecule has 1 aromatic heterocycles. The minimum Gasteiger partial charge on any atom is -0.464 e. The number of benzene rings is 3. The molecule has 0 unspecified atom stereocenters. The number of nitrogens with zero attached hydrogens (tertiary/aromatic N) is 1. The minimum atomic E-state index is -3.58. The maximum absolute atomic E-state index is 13.9. The fraction of sp³-hybridized carbons (Fsp3) is 0.385. The van der Waals surface area contributed by atoms with E-state index in [1.165, 1.54) is 18.2 Å². The number of ketones is 1. The molecule has 1 fully saturated rings. The van der Waals surface area contributed by atoms with Crippen LogP contribution in [0.2, 0.25) is 10.0 Å². The van der Waals surface area contributed by atoms with Gasteiger partial charge >= 0.3 is 12.1 Å². The van der Waals surface area contributed by atoms with Crippen LogP contribution in [0, 0.1) is 11.8 Å². The third kappa shape index (κ3) is 9.86. The van der Waals surface area contributed by atoms with Crippen molar-refractivity contribution in [2.75, 3.05) is 39.4 Å². The molecule has 3 aromatic carbocycles. The zero-order chi connectivity index (χ0) is 39.5. The second-order valence-electron chi connectivity index (χ2n) is 14.0. The largest absolute Gasteiger partial charge is 0.511 e. The zero-order valence-corrected chi connectivity index (χ0v) is 32.6. The molecule has 2 aliphatic rings. The van der Waals surface area contributed by atoms with Gasteiger partial charge in [-0.2, -0.15) is 0 Å². The van der Waals surface area contributed by atoms with E-state index in [2.05, 4.69) is 0 Å². The number of Topliss-reactive ketones (excluding diaryl/α,β-unsaturated/α-hetero) is 1. The number of amides is 1. The normalized spacial score (nSPS) is 16.3. The van der Waals surface area contributed by atoms with Crippen molar-refractivity contribution in [1.29, 1.82) is 0 Å². The molecular formula is C39H39Cl2NO12S. The summed E-state index contributed by atoms with van der Waals surface area (Å²) in [5.41, 5.74) is 2.84. The number of carbonyl (C=O) groups is 4. The highest BCUT2D eigenvalue weighted by Gasteiger charge is 2.32. The lowest BCUT2D eigenvalue weighted by Crippen LogP contribution is -2.41. The first-order valence-electron chi connectivity index (χ1n) is 17.4. The van der Waals surface area contributed by atoms with Crippen LogP contribution in [-0.2, 0) is 57.7 Å². The summed E-state index contributed by atoms with van der Waals surface area (Å²) in [6.07, 6.45) is 1.34. The summed E-state index contributed by atoms with van der Waals surface area (Å²) in [4.78, 5) is 54.7. The summed E-state index contributed by atoms with van der Waals surface area (Å²) in [6, 6.07) is 14.6. The van der Waals surface area contributed by atoms with Crippen LogP contribution in [0.1, 0.15) is 57.7 Å². The topological polar surface area (TPSA) is 165 Å². The molecule has 0 spiro atoms. The molecule has 13 nitrogen and oxygen atoms in total. The standard InChI is InChI=1S/C39H39Cl2NO12S/c1-39(2)53-20-24(21-54-39)19-50-38(46)52-22-51-37(45)27(13-23-5-4-6-29(14-23)55(3,47)48)16-32(43)34-31(40)15-28-18-42(11-9-30(28)35(34)41)36(44)26-8-7-25-10-12-49-33(25)17-26/h4-8,10,12,14-15,17,24,27H,9,11,13,16,18-22H2,1-3H3/t27-/m1/s1. The first kappa shape index (κ1) is 40.2. The predicted molar refractivity (Wildman–Crippen MR) is 200 cm³/mol. The van der Waals surface area contributed by atoms with Crippen molar-refractivity contribution in [1.82, 2.24) is 4.90 Å². The Morgan fingerprint density at radius 2 is 1.75 bits per heavy atom. The number of ether oxygens (including phenoxy) is 5. The predicted octanol–water partition coefficient (Wildman–Crippen LogP) is 6.83. The Balaban J connectivity index is 1.13. The van der Waals surface area contributed by atoms with Crippen LogP contribution in [0.4, 0.5) is 4.79 Å². The van der Waals surface area contributed by atoms with Crippen LogP contribution in [-0.4, -0.2) is 82.3 Å². The van der Waals surface area contributed by atoms with Gasteiger partial charge < -0.3 is 33.0 Å². The van der Waals surface area contributed by atoms with E-state index in [0.717, 1.165) is 11.6 Å². The molecular weight excluding hydrogens is 777 g/mol. The Morgan fingerprint density at radius 1 is 0.982 bits per heavy atom. The van der Waals surface area contributed by atoms with Crippen molar-refractivity contribution < 1.29 is 55.7 Å². The molecule has 4 aromatic rings. The molecule has 2 aliphatic heterocycles. The quantitative estimate of drug-likeness (QED) is 0.0833. The second kappa shape index (κ2) is 16.7. The minimum absolute atomic E-state index is 0.00621. The van der Waals surface area contributed by atoms with Crippen molar-refractivity contribution in [3.63, 3.8) is 0 Å². The van der Waals surface area contributed by atoms with Gasteiger partial charge in [0.05, 0.1) is 45.9 Å². The van der Waals surface area contributed by atoms with E-state index in [4.69, 9.17) is 51.3 Å². The lowest BCUT2D eigenvalue weighted by molar-refractivity contribution is -0.265. The number of rotatable bonds is 12. The Bertz CT molecular complexity index is 2220. The van der Waals surface area contributed by atoms with Crippen LogP contribution in [0.15, 0.2) is 70.2 Å². The molecule has 6 rings (SSSR count). The first-order chi connectivity index (χ1) is 26.1. The number of furan rings is 1. The van der Waals surface area contributed by atoms with Gasteiger partial charge in [-0.25, -0.2) is 13.2 Å². The van der Waals surface area contributed by atoms with Crippen molar-refractivity contribution in [3.05, 3.63) is 98.7 Å². The summed E-state index contributed by atoms with van der Waals surface area (Å²) >= 11 is 13.5. The molecule has 1 atom stereocenters. The maximum atomic E-state index is 13.9. The first-order valence-corrected chi connectivity index (χ1v) is 20.1. The van der Waals surface area contributed by atoms with E-state index in [0.29, 0.717) is 54.0 Å². The number of halogens is 2. The molecule has 0 aliphatic carbocycles. The maximum Gasteiger partial charge on any atom is 0.511 e. The van der Waals surface area contributed by atoms with E-state index in [1.807, 2.05) is 12.1 Å². The van der Waals surface area contributed by atoms with E-state index in [1.54, 1.807) is 49.3 Å². The molecule has 16 heteroatoms. The molecule has 55 heavy (non-hydrogen) atoms.